The van der Waals surface area contributed by atoms with Crippen molar-refractivity contribution in [2.45, 2.75) is 0 Å². The molecule has 0 unspecified atom stereocenters. The molecular weight excluding hydrogens is 252 g/mol. The van der Waals surface area contributed by atoms with E-state index >= 15 is 0 Å². The highest BCUT2D eigenvalue weighted by Gasteiger charge is 1.94. The molecule has 1 aromatic carbocycles. The van der Waals surface area contributed by atoms with E-state index in [0.29, 0.717) is 0 Å². The lowest BCUT2D eigenvalue weighted by Crippen LogP contribution is -1.88. The summed E-state index contributed by atoms with van der Waals surface area (Å²) >= 11 is 0. The van der Waals surface area contributed by atoms with Crippen LogP contribution >= 0.6 is 0 Å². The average molecular weight is 266 g/mol. The molecule has 96 valence electrons. The minimum Gasteiger partial charge on any atom is -0.341 e. The molecule has 0 saturated carbocycles. The first kappa shape index (κ1) is 14.1. The molecule has 0 aliphatic carbocycles. The Morgan fingerprint density at radius 2 is 1.94 bits per heavy atom. The summed E-state index contributed by atoms with van der Waals surface area (Å²) in [6.45, 7) is 0. The Morgan fingerprint density at radius 3 is 2.33 bits per heavy atom. The maximum atomic E-state index is 10.3. The SMILES string of the molecule is Cn1ccnc1.O=S(=O)(O)C=Cc1ccccc1. The van der Waals surface area contributed by atoms with Crippen LogP contribution in [0.3, 0.4) is 0 Å². The topological polar surface area (TPSA) is 72.2 Å². The summed E-state index contributed by atoms with van der Waals surface area (Å²) in [6, 6.07) is 8.86. The molecule has 0 saturated heterocycles. The molecular formula is C12H14N2O3S. The van der Waals surface area contributed by atoms with Crippen molar-refractivity contribution < 1.29 is 13.0 Å². The maximum Gasteiger partial charge on any atom is 0.287 e. The van der Waals surface area contributed by atoms with Crippen molar-refractivity contribution in [1.82, 2.24) is 9.55 Å². The fourth-order valence-corrected chi connectivity index (χ4v) is 1.38. The minimum atomic E-state index is -4.00. The molecule has 0 aliphatic rings. The third kappa shape index (κ3) is 6.62. The Labute approximate surface area is 106 Å². The van der Waals surface area contributed by atoms with Crippen molar-refractivity contribution in [2.24, 2.45) is 7.05 Å². The minimum absolute atomic E-state index is 0.732. The monoisotopic (exact) mass is 266 g/mol. The Kier molecular flexibility index (Phi) is 5.29. The standard InChI is InChI=1S/C8H8O3S.C4H6N2/c9-12(10,11)7-6-8-4-2-1-3-5-8;1-6-3-2-5-4-6/h1-7H,(H,9,10,11);2-4H,1H3. The molecule has 2 rings (SSSR count). The summed E-state index contributed by atoms with van der Waals surface area (Å²) in [4.78, 5) is 3.78. The number of imidazole rings is 1. The van der Waals surface area contributed by atoms with E-state index in [9.17, 15) is 8.42 Å². The van der Waals surface area contributed by atoms with Gasteiger partial charge in [-0.3, -0.25) is 4.55 Å². The molecule has 1 aromatic heterocycles. The van der Waals surface area contributed by atoms with Gasteiger partial charge in [0.25, 0.3) is 10.1 Å². The first-order chi connectivity index (χ1) is 8.47. The molecule has 0 bridgehead atoms. The molecule has 0 fully saturated rings. The Balaban J connectivity index is 0.000000225. The van der Waals surface area contributed by atoms with E-state index < -0.39 is 10.1 Å². The van der Waals surface area contributed by atoms with Crippen LogP contribution < -0.4 is 0 Å². The quantitative estimate of drug-likeness (QED) is 0.843. The zero-order chi connectivity index (χ0) is 13.4. The van der Waals surface area contributed by atoms with Crippen molar-refractivity contribution in [1.29, 1.82) is 0 Å². The highest BCUT2D eigenvalue weighted by molar-refractivity contribution is 7.88. The number of aromatic nitrogens is 2. The number of rotatable bonds is 2. The van der Waals surface area contributed by atoms with Crippen LogP contribution in [-0.4, -0.2) is 22.5 Å². The van der Waals surface area contributed by atoms with Gasteiger partial charge in [-0.2, -0.15) is 8.42 Å². The Bertz CT molecular complexity index is 575. The zero-order valence-electron chi connectivity index (χ0n) is 9.84. The Morgan fingerprint density at radius 1 is 1.28 bits per heavy atom. The van der Waals surface area contributed by atoms with Gasteiger partial charge < -0.3 is 4.57 Å². The van der Waals surface area contributed by atoms with Gasteiger partial charge in [-0.15, -0.1) is 0 Å². The summed E-state index contributed by atoms with van der Waals surface area (Å²) in [5.74, 6) is 0. The largest absolute Gasteiger partial charge is 0.341 e. The molecule has 0 amide bonds. The summed E-state index contributed by atoms with van der Waals surface area (Å²) in [5.41, 5.74) is 0.732. The van der Waals surface area contributed by atoms with Gasteiger partial charge in [0.05, 0.1) is 11.7 Å². The molecule has 18 heavy (non-hydrogen) atoms. The van der Waals surface area contributed by atoms with Crippen LogP contribution in [0.4, 0.5) is 0 Å². The van der Waals surface area contributed by atoms with E-state index in [4.69, 9.17) is 4.55 Å². The van der Waals surface area contributed by atoms with Crippen LogP contribution in [0.2, 0.25) is 0 Å². The van der Waals surface area contributed by atoms with Gasteiger partial charge in [-0.1, -0.05) is 30.3 Å². The summed E-state index contributed by atoms with van der Waals surface area (Å²) in [7, 11) is -2.07. The van der Waals surface area contributed by atoms with E-state index in [0.717, 1.165) is 11.0 Å². The smallest absolute Gasteiger partial charge is 0.287 e. The summed E-state index contributed by atoms with van der Waals surface area (Å²) in [5, 5.41) is 0.752. The predicted octanol–water partition coefficient (Wildman–Crippen LogP) is 1.97. The maximum absolute atomic E-state index is 10.3. The number of hydrogen-bond acceptors (Lipinski definition) is 3. The van der Waals surface area contributed by atoms with Crippen LogP contribution in [0.15, 0.2) is 54.5 Å². The lowest BCUT2D eigenvalue weighted by Gasteiger charge is -1.89. The number of aryl methyl sites for hydroxylation is 1. The molecule has 0 radical (unpaired) electrons. The van der Waals surface area contributed by atoms with Crippen molar-refractivity contribution in [2.75, 3.05) is 0 Å². The number of benzene rings is 1. The molecule has 0 spiro atoms. The summed E-state index contributed by atoms with van der Waals surface area (Å²) in [6.07, 6.45) is 6.72. The van der Waals surface area contributed by atoms with Gasteiger partial charge >= 0.3 is 0 Å². The number of nitrogens with zero attached hydrogens (tertiary/aromatic N) is 2. The molecule has 6 heteroatoms. The third-order valence-electron chi connectivity index (χ3n) is 1.87. The molecule has 0 aliphatic heterocycles. The normalized spacial score (nSPS) is 11.0. The first-order valence-electron chi connectivity index (χ1n) is 5.10. The average Bonchev–Trinajstić information content (AvgIpc) is 2.79. The van der Waals surface area contributed by atoms with E-state index in [1.54, 1.807) is 36.8 Å². The highest BCUT2D eigenvalue weighted by Crippen LogP contribution is 2.01. The molecule has 1 heterocycles. The van der Waals surface area contributed by atoms with Crippen molar-refractivity contribution in [3.8, 4) is 0 Å². The molecule has 0 atom stereocenters. The van der Waals surface area contributed by atoms with E-state index in [1.165, 1.54) is 6.08 Å². The van der Waals surface area contributed by atoms with E-state index in [-0.39, 0.29) is 0 Å². The van der Waals surface area contributed by atoms with Gasteiger partial charge in [-0.05, 0) is 11.6 Å². The molecule has 1 N–H and O–H groups in total. The van der Waals surface area contributed by atoms with Crippen LogP contribution in [0.5, 0.6) is 0 Å². The van der Waals surface area contributed by atoms with Gasteiger partial charge in [0.2, 0.25) is 0 Å². The molecule has 5 nitrogen and oxygen atoms in total. The Hall–Kier alpha value is -1.92. The second kappa shape index (κ2) is 6.73. The van der Waals surface area contributed by atoms with Crippen LogP contribution in [0, 0.1) is 0 Å². The molecule has 2 aromatic rings. The fraction of sp³-hybridized carbons (Fsp3) is 0.0833. The highest BCUT2D eigenvalue weighted by atomic mass is 32.2. The third-order valence-corrected chi connectivity index (χ3v) is 2.35. The lowest BCUT2D eigenvalue weighted by molar-refractivity contribution is 0.494. The van der Waals surface area contributed by atoms with Crippen LogP contribution in [-0.2, 0) is 17.2 Å². The lowest BCUT2D eigenvalue weighted by atomic mass is 10.2. The van der Waals surface area contributed by atoms with Crippen LogP contribution in [0.1, 0.15) is 5.56 Å². The number of hydrogen-bond donors (Lipinski definition) is 1. The van der Waals surface area contributed by atoms with Gasteiger partial charge in [0, 0.05) is 19.4 Å². The van der Waals surface area contributed by atoms with E-state index in [2.05, 4.69) is 4.98 Å². The van der Waals surface area contributed by atoms with Crippen molar-refractivity contribution >= 4 is 16.2 Å². The van der Waals surface area contributed by atoms with Crippen LogP contribution in [0.25, 0.3) is 6.08 Å². The second-order valence-electron chi connectivity index (χ2n) is 3.46. The van der Waals surface area contributed by atoms with E-state index in [1.807, 2.05) is 23.9 Å². The second-order valence-corrected chi connectivity index (χ2v) is 4.76. The van der Waals surface area contributed by atoms with Gasteiger partial charge in [-0.25, -0.2) is 4.98 Å². The summed E-state index contributed by atoms with van der Waals surface area (Å²) < 4.78 is 30.8. The zero-order valence-corrected chi connectivity index (χ0v) is 10.7. The van der Waals surface area contributed by atoms with Gasteiger partial charge in [0.15, 0.2) is 0 Å². The first-order valence-corrected chi connectivity index (χ1v) is 6.60. The van der Waals surface area contributed by atoms with Gasteiger partial charge in [0.1, 0.15) is 0 Å². The fourth-order valence-electron chi connectivity index (χ4n) is 1.05. The predicted molar refractivity (Wildman–Crippen MR) is 70.2 cm³/mol. The van der Waals surface area contributed by atoms with Crippen molar-refractivity contribution in [3.05, 3.63) is 60.0 Å². The van der Waals surface area contributed by atoms with Crippen molar-refractivity contribution in [3.63, 3.8) is 0 Å².